The molecule has 1 heterocycles. The van der Waals surface area contributed by atoms with Crippen LogP contribution in [0.15, 0.2) is 72.8 Å². The van der Waals surface area contributed by atoms with E-state index >= 15 is 0 Å². The Morgan fingerprint density at radius 1 is 0.394 bits per heavy atom. The average molecular weight is 913 g/mol. The number of hydrazine groups is 3. The predicted octanol–water partition coefficient (Wildman–Crippen LogP) is 12.9. The fraction of sp³-hybridized carbons (Fsp3) is 0.611. The number of hydrogen-bond donors (Lipinski definition) is 3. The normalized spacial score (nSPS) is 15.1. The van der Waals surface area contributed by atoms with Gasteiger partial charge in [-0.3, -0.25) is 0 Å². The first-order valence-electron chi connectivity index (χ1n) is 25.0. The second-order valence-corrected chi connectivity index (χ2v) is 20.2. The van der Waals surface area contributed by atoms with Crippen LogP contribution in [0, 0.1) is 35.5 Å². The third kappa shape index (κ3) is 21.3. The smallest absolute Gasteiger partial charge is 0.338 e. The standard InChI is InChI=1S/C54H84N6O6/c1-40(2)13-10-16-43(7)31-34-64-52(61)46-19-25-49(26-20-46)55-58-37-59(56-50-27-21-47(22-28-50)53(62)65-35-32-44(8)17-11-14-41(3)4)39-60(38-58)57-51-29-23-48(24-30-51)54(63)66-36-33-45(9)18-12-15-42(5)6/h19-30,40-45,55-57H,10-18,31-39H2,1-9H3. The molecule has 0 aliphatic carbocycles. The van der Waals surface area contributed by atoms with Crippen LogP contribution in [-0.2, 0) is 14.2 Å². The molecule has 1 aliphatic rings. The Kier molecular flexibility index (Phi) is 23.9. The van der Waals surface area contributed by atoms with E-state index in [1.165, 1.54) is 38.5 Å². The molecule has 0 spiro atoms. The van der Waals surface area contributed by atoms with E-state index in [2.05, 4.69) is 78.6 Å². The molecule has 12 heteroatoms. The summed E-state index contributed by atoms with van der Waals surface area (Å²) in [6, 6.07) is 22.0. The molecule has 3 atom stereocenters. The van der Waals surface area contributed by atoms with E-state index in [1.54, 1.807) is 36.4 Å². The van der Waals surface area contributed by atoms with Crippen molar-refractivity contribution in [3.05, 3.63) is 89.5 Å². The first-order chi connectivity index (χ1) is 31.6. The van der Waals surface area contributed by atoms with Gasteiger partial charge >= 0.3 is 17.9 Å². The Morgan fingerprint density at radius 2 is 0.636 bits per heavy atom. The monoisotopic (exact) mass is 913 g/mol. The Hall–Kier alpha value is -4.65. The van der Waals surface area contributed by atoms with Gasteiger partial charge in [0.1, 0.15) is 0 Å². The molecule has 0 bridgehead atoms. The van der Waals surface area contributed by atoms with Crippen LogP contribution in [0.25, 0.3) is 0 Å². The minimum Gasteiger partial charge on any atom is -0.462 e. The molecule has 12 nitrogen and oxygen atoms in total. The quantitative estimate of drug-likeness (QED) is 0.0435. The number of hydrogen-bond acceptors (Lipinski definition) is 12. The van der Waals surface area contributed by atoms with E-state index in [4.69, 9.17) is 14.2 Å². The molecular weight excluding hydrogens is 829 g/mol. The number of esters is 3. The molecule has 66 heavy (non-hydrogen) atoms. The van der Waals surface area contributed by atoms with Gasteiger partial charge in [0, 0.05) is 17.1 Å². The van der Waals surface area contributed by atoms with E-state index in [9.17, 15) is 14.4 Å². The van der Waals surface area contributed by atoms with E-state index in [0.29, 0.717) is 92.0 Å². The third-order valence-electron chi connectivity index (χ3n) is 12.2. The van der Waals surface area contributed by atoms with Gasteiger partial charge in [0.05, 0.1) is 56.5 Å². The summed E-state index contributed by atoms with van der Waals surface area (Å²) in [7, 11) is 0. The number of nitrogens with zero attached hydrogens (tertiary/aromatic N) is 3. The zero-order valence-corrected chi connectivity index (χ0v) is 41.9. The Morgan fingerprint density at radius 3 is 0.864 bits per heavy atom. The summed E-state index contributed by atoms with van der Waals surface area (Å²) in [6.07, 6.45) is 13.3. The second kappa shape index (κ2) is 29.2. The average Bonchev–Trinajstić information content (AvgIpc) is 3.26. The van der Waals surface area contributed by atoms with Gasteiger partial charge in [0.25, 0.3) is 0 Å². The number of ether oxygens (including phenoxy) is 3. The summed E-state index contributed by atoms with van der Waals surface area (Å²) < 4.78 is 16.9. The maximum atomic E-state index is 12.9. The van der Waals surface area contributed by atoms with Crippen molar-refractivity contribution in [2.45, 2.75) is 139 Å². The number of rotatable bonds is 30. The molecular formula is C54H84N6O6. The van der Waals surface area contributed by atoms with Gasteiger partial charge in [-0.2, -0.15) is 15.0 Å². The van der Waals surface area contributed by atoms with Crippen molar-refractivity contribution in [3.8, 4) is 0 Å². The zero-order chi connectivity index (χ0) is 47.8. The molecule has 0 aromatic heterocycles. The predicted molar refractivity (Wildman–Crippen MR) is 269 cm³/mol. The third-order valence-corrected chi connectivity index (χ3v) is 12.2. The lowest BCUT2D eigenvalue weighted by atomic mass is 9.98. The van der Waals surface area contributed by atoms with Crippen LogP contribution < -0.4 is 16.3 Å². The fourth-order valence-corrected chi connectivity index (χ4v) is 7.92. The van der Waals surface area contributed by atoms with Crippen molar-refractivity contribution < 1.29 is 28.6 Å². The number of carbonyl (C=O) groups is 3. The van der Waals surface area contributed by atoms with Crippen LogP contribution in [0.3, 0.4) is 0 Å². The lowest BCUT2D eigenvalue weighted by Gasteiger charge is -2.42. The van der Waals surface area contributed by atoms with Crippen LogP contribution in [0.1, 0.15) is 170 Å². The largest absolute Gasteiger partial charge is 0.462 e. The van der Waals surface area contributed by atoms with E-state index < -0.39 is 0 Å². The fourth-order valence-electron chi connectivity index (χ4n) is 7.92. The molecule has 3 N–H and O–H groups in total. The van der Waals surface area contributed by atoms with Crippen molar-refractivity contribution in [2.24, 2.45) is 35.5 Å². The molecule has 3 unspecified atom stereocenters. The topological polar surface area (TPSA) is 125 Å². The first kappa shape index (κ1) is 54.0. The van der Waals surface area contributed by atoms with E-state index in [1.807, 2.05) is 51.4 Å². The molecule has 0 saturated carbocycles. The van der Waals surface area contributed by atoms with Gasteiger partial charge in [-0.25, -0.2) is 14.4 Å². The van der Waals surface area contributed by atoms with Gasteiger partial charge in [-0.1, -0.05) is 120 Å². The van der Waals surface area contributed by atoms with Gasteiger partial charge in [0.2, 0.25) is 0 Å². The van der Waals surface area contributed by atoms with Crippen LogP contribution >= 0.6 is 0 Å². The van der Waals surface area contributed by atoms with E-state index in [-0.39, 0.29) is 17.9 Å². The van der Waals surface area contributed by atoms with Crippen molar-refractivity contribution in [2.75, 3.05) is 56.1 Å². The summed E-state index contributed by atoms with van der Waals surface area (Å²) in [4.78, 5) is 38.7. The summed E-state index contributed by atoms with van der Waals surface area (Å²) in [5.74, 6) is 2.73. The van der Waals surface area contributed by atoms with Gasteiger partial charge in [-0.05, 0) is 128 Å². The maximum Gasteiger partial charge on any atom is 0.338 e. The van der Waals surface area contributed by atoms with Crippen LogP contribution in [0.5, 0.6) is 0 Å². The molecule has 1 aliphatic heterocycles. The second-order valence-electron chi connectivity index (χ2n) is 20.2. The molecule has 4 rings (SSSR count). The molecule has 366 valence electrons. The van der Waals surface area contributed by atoms with Crippen LogP contribution in [0.4, 0.5) is 17.1 Å². The highest BCUT2D eigenvalue weighted by Gasteiger charge is 2.25. The summed E-state index contributed by atoms with van der Waals surface area (Å²) in [5, 5.41) is 6.09. The van der Waals surface area contributed by atoms with Crippen LogP contribution in [0.2, 0.25) is 0 Å². The Balaban J connectivity index is 1.34. The van der Waals surface area contributed by atoms with Gasteiger partial charge in [0.15, 0.2) is 0 Å². The zero-order valence-electron chi connectivity index (χ0n) is 41.9. The van der Waals surface area contributed by atoms with Gasteiger partial charge in [-0.15, -0.1) is 0 Å². The highest BCUT2D eigenvalue weighted by atomic mass is 16.5. The number of anilines is 3. The summed E-state index contributed by atoms with van der Waals surface area (Å²) in [5.41, 5.74) is 14.5. The molecule has 1 saturated heterocycles. The highest BCUT2D eigenvalue weighted by Crippen LogP contribution is 2.22. The van der Waals surface area contributed by atoms with Crippen molar-refractivity contribution >= 4 is 35.0 Å². The Bertz CT molecular complexity index is 1620. The molecule has 3 aromatic carbocycles. The molecule has 1 fully saturated rings. The van der Waals surface area contributed by atoms with Crippen molar-refractivity contribution in [3.63, 3.8) is 0 Å². The van der Waals surface area contributed by atoms with Gasteiger partial charge < -0.3 is 30.5 Å². The first-order valence-corrected chi connectivity index (χ1v) is 25.0. The number of nitrogens with one attached hydrogen (secondary N) is 3. The van der Waals surface area contributed by atoms with Crippen LogP contribution in [-0.4, -0.2) is 72.8 Å². The number of benzene rings is 3. The maximum absolute atomic E-state index is 12.9. The summed E-state index contributed by atoms with van der Waals surface area (Å²) in [6.45, 7) is 22.9. The minimum atomic E-state index is -0.317. The Labute approximate surface area is 397 Å². The number of carbonyl (C=O) groups excluding carboxylic acids is 3. The highest BCUT2D eigenvalue weighted by molar-refractivity contribution is 5.90. The lowest BCUT2D eigenvalue weighted by molar-refractivity contribution is 0.0126. The van der Waals surface area contributed by atoms with Crippen molar-refractivity contribution in [1.82, 2.24) is 15.0 Å². The SMILES string of the molecule is CC(C)CCCC(C)CCOC(=O)c1ccc(NN2CN(Nc3ccc(C(=O)OCCC(C)CCCC(C)C)cc3)CN(Nc3ccc(C(=O)OCCC(C)CCCC(C)C)cc3)C2)cc1. The van der Waals surface area contributed by atoms with E-state index in [0.717, 1.165) is 55.6 Å². The minimum absolute atomic E-state index is 0.317. The summed E-state index contributed by atoms with van der Waals surface area (Å²) >= 11 is 0. The van der Waals surface area contributed by atoms with Crippen molar-refractivity contribution in [1.29, 1.82) is 0 Å². The lowest BCUT2D eigenvalue weighted by Crippen LogP contribution is -2.59. The molecule has 0 radical (unpaired) electrons. The molecule has 0 amide bonds. The molecule has 3 aromatic rings.